The smallest absolute Gasteiger partial charge is 0.339 e. The van der Waals surface area contributed by atoms with Crippen LogP contribution in [-0.4, -0.2) is 42.0 Å². The molecule has 34 heavy (non-hydrogen) atoms. The molecule has 1 amide bonds. The van der Waals surface area contributed by atoms with E-state index in [1.54, 1.807) is 30.3 Å². The Kier molecular flexibility index (Phi) is 6.66. The van der Waals surface area contributed by atoms with Crippen molar-refractivity contribution in [2.75, 3.05) is 0 Å². The van der Waals surface area contributed by atoms with Crippen molar-refractivity contribution in [2.45, 2.75) is 23.5 Å². The molecule has 3 aromatic carbocycles. The van der Waals surface area contributed by atoms with Crippen LogP contribution in [0.1, 0.15) is 17.5 Å². The summed E-state index contributed by atoms with van der Waals surface area (Å²) < 4.78 is 31.2. The molecule has 1 aliphatic rings. The second kappa shape index (κ2) is 9.65. The first kappa shape index (κ1) is 23.5. The fourth-order valence-corrected chi connectivity index (χ4v) is 5.10. The highest BCUT2D eigenvalue weighted by atomic mass is 32.2. The molecule has 2 N–H and O–H groups in total. The van der Waals surface area contributed by atoms with Crippen LogP contribution in [0.2, 0.25) is 0 Å². The molecule has 174 valence electrons. The standard InChI is InChI=1S/C23H19N3O6S2/c1-14-6-9-16(10-7-14)34(30,31)32-19-11-8-15-4-2-3-5-17(15)18(19)13-24-26-23-25-22(29)20(33-23)12-21(27)28/h2-11,13,20H,12H2,1H3,(H,27,28)(H,25,26,29). The minimum atomic E-state index is -4.10. The number of nitrogens with one attached hydrogen (secondary N) is 1. The molecular formula is C23H19N3O6S2. The minimum absolute atomic E-state index is 0.0175. The van der Waals surface area contributed by atoms with Crippen LogP contribution in [0.15, 0.2) is 75.8 Å². The van der Waals surface area contributed by atoms with Crippen LogP contribution < -0.4 is 9.50 Å². The lowest BCUT2D eigenvalue weighted by Crippen LogP contribution is -2.26. The van der Waals surface area contributed by atoms with Gasteiger partial charge in [-0.05, 0) is 35.9 Å². The first-order valence-corrected chi connectivity index (χ1v) is 12.3. The number of amidine groups is 1. The molecule has 4 rings (SSSR count). The molecule has 0 aromatic heterocycles. The predicted molar refractivity (Wildman–Crippen MR) is 130 cm³/mol. The Morgan fingerprint density at radius 3 is 2.62 bits per heavy atom. The van der Waals surface area contributed by atoms with Gasteiger partial charge in [-0.1, -0.05) is 59.8 Å². The molecule has 1 aliphatic heterocycles. The van der Waals surface area contributed by atoms with Crippen LogP contribution >= 0.6 is 11.8 Å². The van der Waals surface area contributed by atoms with Crippen molar-refractivity contribution in [3.8, 4) is 5.75 Å². The molecule has 0 saturated carbocycles. The second-order valence-corrected chi connectivity index (χ2v) is 10.1. The molecule has 0 aliphatic carbocycles. The largest absolute Gasteiger partial charge is 0.481 e. The van der Waals surface area contributed by atoms with E-state index in [-0.39, 0.29) is 22.2 Å². The number of carbonyl (C=O) groups is 2. The normalized spacial score (nSPS) is 17.4. The average molecular weight is 498 g/mol. The summed E-state index contributed by atoms with van der Waals surface area (Å²) in [4.78, 5) is 22.8. The Labute approximate surface area is 199 Å². The molecular weight excluding hydrogens is 478 g/mol. The SMILES string of the molecule is Cc1ccc(S(=O)(=O)Oc2ccc3ccccc3c2C=N/N=C2\NC(=O)C(CC(=O)O)S2)cc1. The van der Waals surface area contributed by atoms with Crippen molar-refractivity contribution < 1.29 is 27.3 Å². The maximum atomic E-state index is 12.9. The number of aliphatic carboxylic acids is 1. The van der Waals surface area contributed by atoms with Crippen molar-refractivity contribution in [3.63, 3.8) is 0 Å². The summed E-state index contributed by atoms with van der Waals surface area (Å²) in [6.45, 7) is 1.85. The van der Waals surface area contributed by atoms with Gasteiger partial charge in [0.2, 0.25) is 5.91 Å². The Balaban J connectivity index is 1.66. The molecule has 11 heteroatoms. The summed E-state index contributed by atoms with van der Waals surface area (Å²) in [5, 5.41) is 20.2. The first-order valence-electron chi connectivity index (χ1n) is 10.1. The first-order chi connectivity index (χ1) is 16.2. The van der Waals surface area contributed by atoms with Crippen LogP contribution in [0.5, 0.6) is 5.75 Å². The van der Waals surface area contributed by atoms with Crippen LogP contribution in [0.3, 0.4) is 0 Å². The topological polar surface area (TPSA) is 134 Å². The number of nitrogens with zero attached hydrogens (tertiary/aromatic N) is 2. The summed E-state index contributed by atoms with van der Waals surface area (Å²) >= 11 is 0.966. The highest BCUT2D eigenvalue weighted by Crippen LogP contribution is 2.29. The number of fused-ring (bicyclic) bond motifs is 1. The maximum absolute atomic E-state index is 12.9. The quantitative estimate of drug-likeness (QED) is 0.290. The number of rotatable bonds is 7. The van der Waals surface area contributed by atoms with Gasteiger partial charge in [0, 0.05) is 5.56 Å². The number of aryl methyl sites for hydroxylation is 1. The van der Waals surface area contributed by atoms with Gasteiger partial charge in [0.25, 0.3) is 0 Å². The third kappa shape index (κ3) is 5.26. The van der Waals surface area contributed by atoms with E-state index in [0.717, 1.165) is 22.7 Å². The van der Waals surface area contributed by atoms with Crippen LogP contribution in [-0.2, 0) is 19.7 Å². The van der Waals surface area contributed by atoms with E-state index in [2.05, 4.69) is 15.5 Å². The zero-order valence-electron chi connectivity index (χ0n) is 17.8. The number of carboxylic acids is 1. The van der Waals surface area contributed by atoms with E-state index in [1.807, 2.05) is 19.1 Å². The maximum Gasteiger partial charge on any atom is 0.339 e. The molecule has 1 saturated heterocycles. The van der Waals surface area contributed by atoms with Gasteiger partial charge in [-0.2, -0.15) is 13.5 Å². The summed E-state index contributed by atoms with van der Waals surface area (Å²) in [6, 6.07) is 16.9. The number of hydrogen-bond acceptors (Lipinski definition) is 8. The number of thioether (sulfide) groups is 1. The highest BCUT2D eigenvalue weighted by molar-refractivity contribution is 8.15. The molecule has 3 aromatic rings. The molecule has 0 bridgehead atoms. The van der Waals surface area contributed by atoms with Gasteiger partial charge in [0.15, 0.2) is 10.9 Å². The molecule has 0 radical (unpaired) electrons. The van der Waals surface area contributed by atoms with Gasteiger partial charge >= 0.3 is 16.1 Å². The fourth-order valence-electron chi connectivity index (χ4n) is 3.24. The van der Waals surface area contributed by atoms with Crippen LogP contribution in [0, 0.1) is 6.92 Å². The van der Waals surface area contributed by atoms with E-state index in [4.69, 9.17) is 9.29 Å². The van der Waals surface area contributed by atoms with Crippen molar-refractivity contribution in [2.24, 2.45) is 10.2 Å². The van der Waals surface area contributed by atoms with E-state index in [0.29, 0.717) is 10.9 Å². The van der Waals surface area contributed by atoms with E-state index >= 15 is 0 Å². The molecule has 9 nitrogen and oxygen atoms in total. The Bertz CT molecular complexity index is 1430. The van der Waals surface area contributed by atoms with Crippen LogP contribution in [0.25, 0.3) is 10.8 Å². The molecule has 0 spiro atoms. The predicted octanol–water partition coefficient (Wildman–Crippen LogP) is 3.31. The number of carboxylic acid groups (broad SMARTS) is 1. The zero-order valence-corrected chi connectivity index (χ0v) is 19.5. The minimum Gasteiger partial charge on any atom is -0.481 e. The van der Waals surface area contributed by atoms with E-state index in [1.165, 1.54) is 24.4 Å². The Morgan fingerprint density at radius 1 is 1.15 bits per heavy atom. The second-order valence-electron chi connectivity index (χ2n) is 7.39. The van der Waals surface area contributed by atoms with Crippen molar-refractivity contribution in [3.05, 3.63) is 71.8 Å². The van der Waals surface area contributed by atoms with Crippen LogP contribution in [0.4, 0.5) is 0 Å². The van der Waals surface area contributed by atoms with Gasteiger partial charge in [-0.3, -0.25) is 9.59 Å². The van der Waals surface area contributed by atoms with Gasteiger partial charge in [0.1, 0.15) is 10.1 Å². The number of benzene rings is 3. The number of carbonyl (C=O) groups excluding carboxylic acids is 1. The number of hydrogen-bond donors (Lipinski definition) is 2. The van der Waals surface area contributed by atoms with Crippen molar-refractivity contribution in [1.29, 1.82) is 0 Å². The van der Waals surface area contributed by atoms with E-state index in [9.17, 15) is 18.0 Å². The Hall–Kier alpha value is -3.70. The summed E-state index contributed by atoms with van der Waals surface area (Å²) in [7, 11) is -4.10. The van der Waals surface area contributed by atoms with Gasteiger partial charge in [-0.15, -0.1) is 5.10 Å². The number of amides is 1. The van der Waals surface area contributed by atoms with Gasteiger partial charge < -0.3 is 14.6 Å². The molecule has 1 heterocycles. The molecule has 1 unspecified atom stereocenters. The fraction of sp³-hybridized carbons (Fsp3) is 0.130. The van der Waals surface area contributed by atoms with Gasteiger partial charge in [0.05, 0.1) is 12.6 Å². The summed E-state index contributed by atoms with van der Waals surface area (Å²) in [5.74, 6) is -1.49. The highest BCUT2D eigenvalue weighted by Gasteiger charge is 2.32. The lowest BCUT2D eigenvalue weighted by atomic mass is 10.0. The lowest BCUT2D eigenvalue weighted by Gasteiger charge is -2.11. The van der Waals surface area contributed by atoms with Gasteiger partial charge in [-0.25, -0.2) is 0 Å². The van der Waals surface area contributed by atoms with Crippen molar-refractivity contribution in [1.82, 2.24) is 5.32 Å². The average Bonchev–Trinajstić information content (AvgIpc) is 3.13. The molecule has 1 atom stereocenters. The third-order valence-electron chi connectivity index (χ3n) is 4.91. The third-order valence-corrected chi connectivity index (χ3v) is 7.23. The summed E-state index contributed by atoms with van der Waals surface area (Å²) in [6.07, 6.45) is 1.00. The van der Waals surface area contributed by atoms with E-state index < -0.39 is 27.2 Å². The monoisotopic (exact) mass is 497 g/mol. The lowest BCUT2D eigenvalue weighted by molar-refractivity contribution is -0.138. The summed E-state index contributed by atoms with van der Waals surface area (Å²) in [5.41, 5.74) is 1.30. The molecule has 1 fully saturated rings. The Morgan fingerprint density at radius 2 is 1.88 bits per heavy atom. The van der Waals surface area contributed by atoms with Crippen molar-refractivity contribution >= 4 is 55.9 Å². The zero-order chi connectivity index (χ0) is 24.3.